The van der Waals surface area contributed by atoms with Gasteiger partial charge in [-0.15, -0.1) is 0 Å². The second-order valence-corrected chi connectivity index (χ2v) is 3.56. The van der Waals surface area contributed by atoms with Gasteiger partial charge in [-0.05, 0) is 5.92 Å². The van der Waals surface area contributed by atoms with Crippen molar-refractivity contribution in [3.63, 3.8) is 0 Å². The van der Waals surface area contributed by atoms with E-state index in [2.05, 4.69) is 10.6 Å². The van der Waals surface area contributed by atoms with E-state index < -0.39 is 24.9 Å². The van der Waals surface area contributed by atoms with Crippen molar-refractivity contribution in [2.75, 3.05) is 6.54 Å². The molecular weight excluding hydrogens is 206 g/mol. The van der Waals surface area contributed by atoms with Crippen molar-refractivity contribution in [2.24, 2.45) is 5.92 Å². The normalized spacial score (nSPS) is 12.7. The quantitative estimate of drug-likeness (QED) is 0.712. The van der Waals surface area contributed by atoms with Crippen LogP contribution in [0.15, 0.2) is 0 Å². The van der Waals surface area contributed by atoms with Crippen LogP contribution in [0.1, 0.15) is 20.8 Å². The monoisotopic (exact) mass is 222 g/mol. The van der Waals surface area contributed by atoms with Crippen LogP contribution in [-0.2, 0) is 9.59 Å². The van der Waals surface area contributed by atoms with E-state index in [1.165, 1.54) is 6.92 Å². The van der Waals surface area contributed by atoms with E-state index in [9.17, 15) is 18.4 Å². The molecule has 2 amide bonds. The second-order valence-electron chi connectivity index (χ2n) is 3.56. The summed E-state index contributed by atoms with van der Waals surface area (Å²) in [6, 6.07) is -0.763. The van der Waals surface area contributed by atoms with Gasteiger partial charge in [0.25, 0.3) is 6.43 Å². The average molecular weight is 222 g/mol. The van der Waals surface area contributed by atoms with Crippen molar-refractivity contribution in [2.45, 2.75) is 33.2 Å². The van der Waals surface area contributed by atoms with E-state index in [0.717, 1.165) is 0 Å². The largest absolute Gasteiger partial charge is 0.349 e. The molecule has 0 aliphatic heterocycles. The van der Waals surface area contributed by atoms with Crippen LogP contribution >= 0.6 is 0 Å². The lowest BCUT2D eigenvalue weighted by atomic mass is 10.0. The molecule has 6 heteroatoms. The Bertz CT molecular complexity index is 232. The molecule has 0 spiro atoms. The molecule has 0 heterocycles. The third-order valence-electron chi connectivity index (χ3n) is 1.74. The maximum Gasteiger partial charge on any atom is 0.255 e. The number of halogens is 2. The van der Waals surface area contributed by atoms with E-state index in [1.807, 2.05) is 0 Å². The van der Waals surface area contributed by atoms with E-state index >= 15 is 0 Å². The summed E-state index contributed by atoms with van der Waals surface area (Å²) in [6.45, 7) is 4.03. The summed E-state index contributed by atoms with van der Waals surface area (Å²) < 4.78 is 23.6. The molecule has 15 heavy (non-hydrogen) atoms. The highest BCUT2D eigenvalue weighted by Crippen LogP contribution is 2.02. The van der Waals surface area contributed by atoms with Gasteiger partial charge in [0.2, 0.25) is 11.8 Å². The van der Waals surface area contributed by atoms with Gasteiger partial charge in [-0.3, -0.25) is 9.59 Å². The van der Waals surface area contributed by atoms with Crippen LogP contribution in [0.3, 0.4) is 0 Å². The molecular formula is C9H16F2N2O2. The molecule has 4 nitrogen and oxygen atoms in total. The minimum atomic E-state index is -2.58. The summed E-state index contributed by atoms with van der Waals surface area (Å²) in [6.07, 6.45) is -2.58. The predicted molar refractivity (Wildman–Crippen MR) is 51.5 cm³/mol. The molecule has 0 aliphatic rings. The molecule has 88 valence electrons. The minimum absolute atomic E-state index is 0.147. The number of alkyl halides is 2. The van der Waals surface area contributed by atoms with E-state index in [0.29, 0.717) is 0 Å². The topological polar surface area (TPSA) is 58.2 Å². The lowest BCUT2D eigenvalue weighted by molar-refractivity contribution is -0.129. The smallest absolute Gasteiger partial charge is 0.255 e. The Morgan fingerprint density at radius 3 is 2.13 bits per heavy atom. The highest BCUT2D eigenvalue weighted by Gasteiger charge is 2.23. The Hall–Kier alpha value is -1.20. The van der Waals surface area contributed by atoms with E-state index in [-0.39, 0.29) is 11.8 Å². The Balaban J connectivity index is 4.23. The number of rotatable bonds is 5. The average Bonchev–Trinajstić information content (AvgIpc) is 2.09. The van der Waals surface area contributed by atoms with Crippen LogP contribution in [0.4, 0.5) is 8.78 Å². The lowest BCUT2D eigenvalue weighted by Crippen LogP contribution is -2.49. The number of hydrogen-bond acceptors (Lipinski definition) is 2. The molecule has 0 radical (unpaired) electrons. The van der Waals surface area contributed by atoms with Crippen molar-refractivity contribution in [1.82, 2.24) is 10.6 Å². The molecule has 0 fully saturated rings. The fourth-order valence-corrected chi connectivity index (χ4v) is 1.04. The van der Waals surface area contributed by atoms with E-state index in [4.69, 9.17) is 0 Å². The summed E-state index contributed by atoms with van der Waals surface area (Å²) in [5, 5.41) is 4.47. The standard InChI is InChI=1S/C9H16F2N2O2/c1-5(2)8(13-6(3)14)9(15)12-4-7(10)11/h5,7-8H,4H2,1-3H3,(H,12,15)(H,13,14). The molecule has 0 aromatic heterocycles. The highest BCUT2D eigenvalue weighted by atomic mass is 19.3. The molecule has 0 rings (SSSR count). The first-order valence-electron chi connectivity index (χ1n) is 4.67. The number of nitrogens with one attached hydrogen (secondary N) is 2. The maximum atomic E-state index is 11.8. The van der Waals surface area contributed by atoms with Crippen molar-refractivity contribution in [3.8, 4) is 0 Å². The third kappa shape index (κ3) is 5.98. The second kappa shape index (κ2) is 6.31. The van der Waals surface area contributed by atoms with Gasteiger partial charge in [0.05, 0.1) is 6.54 Å². The molecule has 1 atom stereocenters. The van der Waals surface area contributed by atoms with Gasteiger partial charge in [0.1, 0.15) is 6.04 Å². The summed E-state index contributed by atoms with van der Waals surface area (Å²) in [4.78, 5) is 22.1. The molecule has 0 bridgehead atoms. The van der Waals surface area contributed by atoms with Crippen LogP contribution in [0.5, 0.6) is 0 Å². The van der Waals surface area contributed by atoms with Crippen molar-refractivity contribution >= 4 is 11.8 Å². The molecule has 1 unspecified atom stereocenters. The summed E-state index contributed by atoms with van der Waals surface area (Å²) in [5.41, 5.74) is 0. The first-order valence-corrected chi connectivity index (χ1v) is 4.67. The molecule has 0 aromatic carbocycles. The summed E-state index contributed by atoms with van der Waals surface area (Å²) in [7, 11) is 0. The van der Waals surface area contributed by atoms with Crippen molar-refractivity contribution in [1.29, 1.82) is 0 Å². The number of hydrogen-bond donors (Lipinski definition) is 2. The number of amides is 2. The summed E-state index contributed by atoms with van der Waals surface area (Å²) >= 11 is 0. The SMILES string of the molecule is CC(=O)NC(C(=O)NCC(F)F)C(C)C. The van der Waals surface area contributed by atoms with Gasteiger partial charge >= 0.3 is 0 Å². The van der Waals surface area contributed by atoms with Crippen LogP contribution in [-0.4, -0.2) is 30.8 Å². The zero-order valence-electron chi connectivity index (χ0n) is 9.01. The van der Waals surface area contributed by atoms with Crippen LogP contribution in [0.2, 0.25) is 0 Å². The highest BCUT2D eigenvalue weighted by molar-refractivity contribution is 5.86. The first kappa shape index (κ1) is 13.8. The van der Waals surface area contributed by atoms with Crippen LogP contribution < -0.4 is 10.6 Å². The minimum Gasteiger partial charge on any atom is -0.349 e. The number of carbonyl (C=O) groups is 2. The molecule has 0 saturated carbocycles. The van der Waals surface area contributed by atoms with Crippen molar-refractivity contribution < 1.29 is 18.4 Å². The van der Waals surface area contributed by atoms with E-state index in [1.54, 1.807) is 13.8 Å². The van der Waals surface area contributed by atoms with Gasteiger partial charge < -0.3 is 10.6 Å². The first-order chi connectivity index (χ1) is 6.84. The fourth-order valence-electron chi connectivity index (χ4n) is 1.04. The third-order valence-corrected chi connectivity index (χ3v) is 1.74. The Labute approximate surface area is 87.4 Å². The maximum absolute atomic E-state index is 11.8. The van der Waals surface area contributed by atoms with Crippen molar-refractivity contribution in [3.05, 3.63) is 0 Å². The van der Waals surface area contributed by atoms with Gasteiger partial charge in [0, 0.05) is 6.92 Å². The molecule has 0 aliphatic carbocycles. The summed E-state index contributed by atoms with van der Waals surface area (Å²) in [5.74, 6) is -1.09. The zero-order valence-corrected chi connectivity index (χ0v) is 9.01. The van der Waals surface area contributed by atoms with Gasteiger partial charge in [-0.1, -0.05) is 13.8 Å². The lowest BCUT2D eigenvalue weighted by Gasteiger charge is -2.20. The van der Waals surface area contributed by atoms with Gasteiger partial charge in [-0.25, -0.2) is 8.78 Å². The Kier molecular flexibility index (Phi) is 5.81. The van der Waals surface area contributed by atoms with Crippen LogP contribution in [0.25, 0.3) is 0 Å². The molecule has 2 N–H and O–H groups in total. The fraction of sp³-hybridized carbons (Fsp3) is 0.778. The predicted octanol–water partition coefficient (Wildman–Crippen LogP) is 0.528. The molecule has 0 saturated heterocycles. The molecule has 0 aromatic rings. The van der Waals surface area contributed by atoms with Gasteiger partial charge in [-0.2, -0.15) is 0 Å². The van der Waals surface area contributed by atoms with Gasteiger partial charge in [0.15, 0.2) is 0 Å². The Morgan fingerprint density at radius 1 is 1.27 bits per heavy atom. The zero-order chi connectivity index (χ0) is 12.0. The number of carbonyl (C=O) groups excluding carboxylic acids is 2. The van der Waals surface area contributed by atoms with Crippen LogP contribution in [0, 0.1) is 5.92 Å². The Morgan fingerprint density at radius 2 is 1.80 bits per heavy atom.